The maximum absolute atomic E-state index is 6.68. The molecular weight excluding hydrogens is 713 g/mol. The van der Waals surface area contributed by atoms with Gasteiger partial charge in [0.2, 0.25) is 0 Å². The van der Waals surface area contributed by atoms with Crippen molar-refractivity contribution in [1.29, 1.82) is 0 Å². The molecule has 0 aliphatic heterocycles. The second-order valence-corrected chi connectivity index (χ2v) is 15.3. The Labute approximate surface area is 334 Å². The van der Waals surface area contributed by atoms with E-state index in [-0.39, 0.29) is 0 Å². The van der Waals surface area contributed by atoms with Gasteiger partial charge in [-0.25, -0.2) is 4.98 Å². The highest BCUT2D eigenvalue weighted by molar-refractivity contribution is 7.22. The minimum Gasteiger partial charge on any atom is -0.456 e. The normalized spacial score (nSPS) is 11.5. The number of anilines is 3. The van der Waals surface area contributed by atoms with Gasteiger partial charge in [-0.3, -0.25) is 0 Å². The van der Waals surface area contributed by atoms with Gasteiger partial charge in [0.25, 0.3) is 0 Å². The molecule has 0 saturated carbocycles. The van der Waals surface area contributed by atoms with Crippen LogP contribution in [0.2, 0.25) is 0 Å². The van der Waals surface area contributed by atoms with Crippen molar-refractivity contribution in [2.45, 2.75) is 0 Å². The maximum atomic E-state index is 6.68. The van der Waals surface area contributed by atoms with E-state index in [4.69, 9.17) is 9.40 Å². The smallest absolute Gasteiger partial charge is 0.137 e. The summed E-state index contributed by atoms with van der Waals surface area (Å²) in [7, 11) is 0. The summed E-state index contributed by atoms with van der Waals surface area (Å²) in [5.41, 5.74) is 14.0. The van der Waals surface area contributed by atoms with E-state index in [0.717, 1.165) is 65.4 Å². The molecule has 11 aromatic rings. The minimum atomic E-state index is 0.839. The lowest BCUT2D eigenvalue weighted by molar-refractivity contribution is 0.669. The van der Waals surface area contributed by atoms with Crippen molar-refractivity contribution >= 4 is 71.3 Å². The number of hydrogen-bond acceptors (Lipinski definition) is 4. The zero-order valence-electron chi connectivity index (χ0n) is 30.8. The Balaban J connectivity index is 1.10. The first-order valence-corrected chi connectivity index (χ1v) is 20.0. The first kappa shape index (κ1) is 33.1. The van der Waals surface area contributed by atoms with E-state index in [9.17, 15) is 0 Å². The van der Waals surface area contributed by atoms with Gasteiger partial charge in [-0.2, -0.15) is 0 Å². The molecule has 0 saturated heterocycles. The van der Waals surface area contributed by atoms with Crippen molar-refractivity contribution < 1.29 is 4.42 Å². The summed E-state index contributed by atoms with van der Waals surface area (Å²) in [5, 5.41) is 5.66. The fraction of sp³-hybridized carbons (Fsp3) is 0. The molecule has 0 atom stereocenters. The molecule has 268 valence electrons. The molecule has 3 nitrogen and oxygen atoms in total. The molecule has 0 N–H and O–H groups in total. The highest BCUT2D eigenvalue weighted by atomic mass is 32.1. The van der Waals surface area contributed by atoms with Crippen LogP contribution in [0.3, 0.4) is 0 Å². The second kappa shape index (κ2) is 13.8. The molecule has 0 amide bonds. The Hall–Kier alpha value is -7.27. The van der Waals surface area contributed by atoms with Crippen molar-refractivity contribution in [3.63, 3.8) is 0 Å². The molecule has 11 rings (SSSR count). The molecule has 0 aliphatic rings. The van der Waals surface area contributed by atoms with Crippen molar-refractivity contribution in [2.24, 2.45) is 0 Å². The highest BCUT2D eigenvalue weighted by Gasteiger charge is 2.21. The quantitative estimate of drug-likeness (QED) is 0.163. The topological polar surface area (TPSA) is 29.3 Å². The Morgan fingerprint density at radius 3 is 1.82 bits per heavy atom. The standard InChI is InChI=1S/C53H34N2OS/c1-4-13-35(14-5-1)36-23-25-40(26-24-36)55(41-27-29-45(47(33-41)38-15-6-2-7-16-38)44-22-12-20-37-17-10-11-21-43(37)44)42-28-30-46-50(34-42)56-49-32-31-48-52(51(46)49)57-53(54-48)39-18-8-3-9-19-39/h1-34H. The first-order valence-electron chi connectivity index (χ1n) is 19.2. The molecule has 57 heavy (non-hydrogen) atoms. The molecule has 0 radical (unpaired) electrons. The summed E-state index contributed by atoms with van der Waals surface area (Å²) in [6.45, 7) is 0. The van der Waals surface area contributed by atoms with E-state index in [1.165, 1.54) is 38.6 Å². The Morgan fingerprint density at radius 1 is 0.404 bits per heavy atom. The van der Waals surface area contributed by atoms with Crippen LogP contribution in [0.5, 0.6) is 0 Å². The lowest BCUT2D eigenvalue weighted by atomic mass is 9.90. The van der Waals surface area contributed by atoms with Gasteiger partial charge in [0, 0.05) is 39.5 Å². The molecule has 0 bridgehead atoms. The number of benzene rings is 9. The van der Waals surface area contributed by atoms with Crippen LogP contribution in [0.4, 0.5) is 17.1 Å². The number of nitrogens with zero attached hydrogens (tertiary/aromatic N) is 2. The second-order valence-electron chi connectivity index (χ2n) is 14.3. The van der Waals surface area contributed by atoms with Crippen LogP contribution in [-0.4, -0.2) is 4.98 Å². The number of hydrogen-bond donors (Lipinski definition) is 0. The fourth-order valence-corrected chi connectivity index (χ4v) is 9.30. The predicted molar refractivity (Wildman–Crippen MR) is 241 cm³/mol. The predicted octanol–water partition coefficient (Wildman–Crippen LogP) is 15.5. The Morgan fingerprint density at radius 2 is 1.04 bits per heavy atom. The van der Waals surface area contributed by atoms with Gasteiger partial charge in [-0.1, -0.05) is 152 Å². The third-order valence-electron chi connectivity index (χ3n) is 10.9. The van der Waals surface area contributed by atoms with Gasteiger partial charge in [0.05, 0.1) is 10.2 Å². The largest absolute Gasteiger partial charge is 0.456 e. The van der Waals surface area contributed by atoms with Gasteiger partial charge in [-0.05, 0) is 92.7 Å². The summed E-state index contributed by atoms with van der Waals surface area (Å²) in [6.07, 6.45) is 0. The third-order valence-corrected chi connectivity index (χ3v) is 12.0. The van der Waals surface area contributed by atoms with Crippen LogP contribution in [0.1, 0.15) is 0 Å². The average Bonchev–Trinajstić information content (AvgIpc) is 3.89. The van der Waals surface area contributed by atoms with Crippen LogP contribution in [0, 0.1) is 0 Å². The molecule has 0 unspecified atom stereocenters. The summed E-state index contributed by atoms with van der Waals surface area (Å²) in [4.78, 5) is 7.36. The third kappa shape index (κ3) is 5.86. The van der Waals surface area contributed by atoms with Gasteiger partial charge >= 0.3 is 0 Å². The number of fused-ring (bicyclic) bond motifs is 6. The molecule has 9 aromatic carbocycles. The summed E-state index contributed by atoms with van der Waals surface area (Å²) >= 11 is 1.72. The molecule has 2 aromatic heterocycles. The molecular formula is C53H34N2OS. The number of rotatable bonds is 7. The maximum Gasteiger partial charge on any atom is 0.137 e. The van der Waals surface area contributed by atoms with E-state index in [0.29, 0.717) is 0 Å². The zero-order chi connectivity index (χ0) is 37.7. The Kier molecular flexibility index (Phi) is 8.01. The lowest BCUT2D eigenvalue weighted by Crippen LogP contribution is -2.10. The number of thiazole rings is 1. The molecule has 0 aliphatic carbocycles. The van der Waals surface area contributed by atoms with Crippen molar-refractivity contribution in [2.75, 3.05) is 4.90 Å². The van der Waals surface area contributed by atoms with E-state index in [2.05, 4.69) is 205 Å². The molecule has 2 heterocycles. The van der Waals surface area contributed by atoms with Crippen LogP contribution < -0.4 is 4.90 Å². The lowest BCUT2D eigenvalue weighted by Gasteiger charge is -2.27. The van der Waals surface area contributed by atoms with Gasteiger partial charge < -0.3 is 9.32 Å². The van der Waals surface area contributed by atoms with E-state index < -0.39 is 0 Å². The van der Waals surface area contributed by atoms with Gasteiger partial charge in [0.15, 0.2) is 0 Å². The summed E-state index contributed by atoms with van der Waals surface area (Å²) in [6, 6.07) is 73.4. The number of furan rings is 1. The van der Waals surface area contributed by atoms with Crippen molar-refractivity contribution in [1.82, 2.24) is 4.98 Å². The number of aromatic nitrogens is 1. The highest BCUT2D eigenvalue weighted by Crippen LogP contribution is 2.45. The van der Waals surface area contributed by atoms with Gasteiger partial charge in [0.1, 0.15) is 16.2 Å². The molecule has 0 spiro atoms. The van der Waals surface area contributed by atoms with Gasteiger partial charge in [-0.15, -0.1) is 11.3 Å². The SMILES string of the molecule is c1ccc(-c2ccc(N(c3ccc(-c4cccc5ccccc45)c(-c4ccccc4)c3)c3ccc4c(c3)oc3ccc5nc(-c6ccccc6)sc5c34)cc2)cc1. The van der Waals surface area contributed by atoms with Crippen LogP contribution >= 0.6 is 11.3 Å². The monoisotopic (exact) mass is 746 g/mol. The Bertz CT molecular complexity index is 3220. The van der Waals surface area contributed by atoms with Crippen molar-refractivity contribution in [3.8, 4) is 44.0 Å². The minimum absolute atomic E-state index is 0.839. The first-order chi connectivity index (χ1) is 28.2. The molecule has 4 heteroatoms. The van der Waals surface area contributed by atoms with Crippen LogP contribution in [-0.2, 0) is 0 Å². The summed E-state index contributed by atoms with van der Waals surface area (Å²) < 4.78 is 7.82. The molecule has 0 fully saturated rings. The summed E-state index contributed by atoms with van der Waals surface area (Å²) in [5.74, 6) is 0. The van der Waals surface area contributed by atoms with E-state index in [1.54, 1.807) is 11.3 Å². The van der Waals surface area contributed by atoms with Crippen LogP contribution in [0.25, 0.3) is 86.9 Å². The zero-order valence-corrected chi connectivity index (χ0v) is 31.7. The van der Waals surface area contributed by atoms with E-state index in [1.807, 2.05) is 6.07 Å². The van der Waals surface area contributed by atoms with Crippen molar-refractivity contribution in [3.05, 3.63) is 206 Å². The average molecular weight is 747 g/mol. The fourth-order valence-electron chi connectivity index (χ4n) is 8.18. The van der Waals surface area contributed by atoms with E-state index >= 15 is 0 Å². The van der Waals surface area contributed by atoms with Crippen LogP contribution in [0.15, 0.2) is 211 Å².